The number of nitrogens with zero attached hydrogens (tertiary/aromatic N) is 3. The average Bonchev–Trinajstić information content (AvgIpc) is 3.31. The molecular formula is C21H22N4O2. The minimum atomic E-state index is -0.538. The van der Waals surface area contributed by atoms with Crippen LogP contribution in [0.5, 0.6) is 0 Å². The number of para-hydroxylation sites is 1. The molecule has 138 valence electrons. The number of amides is 1. The molecule has 6 heteroatoms. The van der Waals surface area contributed by atoms with E-state index in [4.69, 9.17) is 4.98 Å². The molecular weight excluding hydrogens is 340 g/mol. The number of hydrogen-bond donors (Lipinski definition) is 2. The lowest BCUT2D eigenvalue weighted by atomic mass is 9.99. The first-order chi connectivity index (χ1) is 13.2. The molecule has 0 spiro atoms. The highest BCUT2D eigenvalue weighted by Crippen LogP contribution is 2.39. The molecule has 3 aromatic rings. The van der Waals surface area contributed by atoms with Crippen LogP contribution < -0.4 is 0 Å². The minimum absolute atomic E-state index is 0.00976. The van der Waals surface area contributed by atoms with Crippen molar-refractivity contribution in [1.82, 2.24) is 20.1 Å². The van der Waals surface area contributed by atoms with Gasteiger partial charge in [0.1, 0.15) is 5.69 Å². The Morgan fingerprint density at radius 1 is 1.19 bits per heavy atom. The number of aliphatic hydroxyl groups is 1. The fraction of sp³-hybridized carbons (Fsp3) is 0.381. The largest absolute Gasteiger partial charge is 0.391 e. The molecule has 3 heterocycles. The number of likely N-dealkylation sites (tertiary alicyclic amines) is 1. The molecule has 2 unspecified atom stereocenters. The summed E-state index contributed by atoms with van der Waals surface area (Å²) in [5, 5.41) is 18.8. The molecule has 2 aromatic heterocycles. The second kappa shape index (κ2) is 6.46. The summed E-state index contributed by atoms with van der Waals surface area (Å²) in [6.07, 6.45) is 2.45. The normalized spacial score (nSPS) is 22.5. The lowest BCUT2D eigenvalue weighted by Crippen LogP contribution is -2.29. The van der Waals surface area contributed by atoms with Crippen molar-refractivity contribution in [2.75, 3.05) is 13.1 Å². The van der Waals surface area contributed by atoms with E-state index in [2.05, 4.69) is 16.3 Å². The first-order valence-electron chi connectivity index (χ1n) is 9.55. The Hall–Kier alpha value is -2.73. The van der Waals surface area contributed by atoms with Gasteiger partial charge in [0.15, 0.2) is 0 Å². The van der Waals surface area contributed by atoms with Gasteiger partial charge >= 0.3 is 0 Å². The highest BCUT2D eigenvalue weighted by Gasteiger charge is 2.36. The topological polar surface area (TPSA) is 82.1 Å². The highest BCUT2D eigenvalue weighted by atomic mass is 16.3. The summed E-state index contributed by atoms with van der Waals surface area (Å²) in [5.41, 5.74) is 3.41. The van der Waals surface area contributed by atoms with Crippen LogP contribution in [0.25, 0.3) is 10.9 Å². The third-order valence-electron chi connectivity index (χ3n) is 5.66. The van der Waals surface area contributed by atoms with Gasteiger partial charge in [0.05, 0.1) is 11.6 Å². The van der Waals surface area contributed by atoms with E-state index in [1.54, 1.807) is 4.90 Å². The number of H-pyrrole nitrogens is 1. The maximum atomic E-state index is 12.7. The summed E-state index contributed by atoms with van der Waals surface area (Å²) >= 11 is 0. The van der Waals surface area contributed by atoms with E-state index in [0.29, 0.717) is 31.1 Å². The highest BCUT2D eigenvalue weighted by molar-refractivity contribution is 5.92. The van der Waals surface area contributed by atoms with Gasteiger partial charge in [-0.2, -0.15) is 5.10 Å². The molecule has 2 N–H and O–H groups in total. The second-order valence-corrected chi connectivity index (χ2v) is 7.72. The van der Waals surface area contributed by atoms with E-state index in [0.717, 1.165) is 22.3 Å². The molecule has 0 radical (unpaired) electrons. The van der Waals surface area contributed by atoms with Gasteiger partial charge in [-0.05, 0) is 37.5 Å². The van der Waals surface area contributed by atoms with Gasteiger partial charge in [-0.25, -0.2) is 0 Å². The lowest BCUT2D eigenvalue weighted by Gasteiger charge is -2.14. The first-order valence-corrected chi connectivity index (χ1v) is 9.55. The fourth-order valence-electron chi connectivity index (χ4n) is 3.92. The molecule has 2 fully saturated rings. The Labute approximate surface area is 157 Å². The van der Waals surface area contributed by atoms with E-state index in [1.807, 2.05) is 36.4 Å². The van der Waals surface area contributed by atoms with Crippen LogP contribution in [-0.4, -0.2) is 50.3 Å². The summed E-state index contributed by atoms with van der Waals surface area (Å²) in [6.45, 7) is 0.878. The van der Waals surface area contributed by atoms with Crippen LogP contribution in [0.3, 0.4) is 0 Å². The average molecular weight is 362 g/mol. The van der Waals surface area contributed by atoms with Crippen molar-refractivity contribution >= 4 is 16.8 Å². The third kappa shape index (κ3) is 3.21. The summed E-state index contributed by atoms with van der Waals surface area (Å²) in [7, 11) is 0. The zero-order valence-corrected chi connectivity index (χ0v) is 15.0. The van der Waals surface area contributed by atoms with Crippen LogP contribution in [0.2, 0.25) is 0 Å². The molecule has 27 heavy (non-hydrogen) atoms. The zero-order valence-electron chi connectivity index (χ0n) is 15.0. The molecule has 5 rings (SSSR count). The van der Waals surface area contributed by atoms with Gasteiger partial charge in [0.25, 0.3) is 5.91 Å². The van der Waals surface area contributed by atoms with E-state index >= 15 is 0 Å². The van der Waals surface area contributed by atoms with Gasteiger partial charge in [-0.3, -0.25) is 14.9 Å². The van der Waals surface area contributed by atoms with E-state index in [1.165, 1.54) is 12.8 Å². The Kier molecular flexibility index (Phi) is 3.93. The monoisotopic (exact) mass is 362 g/mol. The van der Waals surface area contributed by atoms with E-state index in [9.17, 15) is 9.90 Å². The van der Waals surface area contributed by atoms with Gasteiger partial charge in [0.2, 0.25) is 0 Å². The Morgan fingerprint density at radius 3 is 2.89 bits per heavy atom. The molecule has 1 aliphatic heterocycles. The fourth-order valence-corrected chi connectivity index (χ4v) is 3.92. The van der Waals surface area contributed by atoms with Crippen LogP contribution in [-0.2, 0) is 6.42 Å². The van der Waals surface area contributed by atoms with Crippen LogP contribution in [0.1, 0.15) is 40.6 Å². The molecule has 6 nitrogen and oxygen atoms in total. The third-order valence-corrected chi connectivity index (χ3v) is 5.66. The quantitative estimate of drug-likeness (QED) is 0.747. The van der Waals surface area contributed by atoms with Crippen molar-refractivity contribution in [2.24, 2.45) is 5.92 Å². The molecule has 1 saturated carbocycles. The number of aliphatic hydroxyl groups excluding tert-OH is 1. The molecule has 1 saturated heterocycles. The predicted molar refractivity (Wildman–Crippen MR) is 101 cm³/mol. The van der Waals surface area contributed by atoms with Crippen molar-refractivity contribution < 1.29 is 9.90 Å². The smallest absolute Gasteiger partial charge is 0.274 e. The van der Waals surface area contributed by atoms with Crippen molar-refractivity contribution in [3.8, 4) is 0 Å². The number of β-amino-alcohol motifs (C(OH)–C–C–N with tert-alkyl or cyclic N) is 1. The molecule has 2 atom stereocenters. The van der Waals surface area contributed by atoms with Crippen molar-refractivity contribution in [3.05, 3.63) is 59.5 Å². The number of benzene rings is 1. The molecule has 0 bridgehead atoms. The number of carbonyl (C=O) groups excluding carboxylic acids is 1. The summed E-state index contributed by atoms with van der Waals surface area (Å²) in [4.78, 5) is 19.1. The molecule has 2 aliphatic rings. The first kappa shape index (κ1) is 16.4. The van der Waals surface area contributed by atoms with Gasteiger partial charge in [-0.1, -0.05) is 24.3 Å². The van der Waals surface area contributed by atoms with Crippen molar-refractivity contribution in [3.63, 3.8) is 0 Å². The number of aromatic amines is 1. The summed E-state index contributed by atoms with van der Waals surface area (Å²) in [5.74, 6) is 0.422. The van der Waals surface area contributed by atoms with E-state index < -0.39 is 6.10 Å². The molecule has 1 aliphatic carbocycles. The lowest BCUT2D eigenvalue weighted by molar-refractivity contribution is 0.0759. The van der Waals surface area contributed by atoms with Gasteiger partial charge < -0.3 is 10.0 Å². The maximum absolute atomic E-state index is 12.7. The summed E-state index contributed by atoms with van der Waals surface area (Å²) in [6, 6.07) is 13.9. The zero-order chi connectivity index (χ0) is 18.4. The number of pyridine rings is 1. The molecule has 1 aromatic carbocycles. The number of rotatable bonds is 4. The van der Waals surface area contributed by atoms with Crippen LogP contribution in [0, 0.1) is 5.92 Å². The minimum Gasteiger partial charge on any atom is -0.391 e. The maximum Gasteiger partial charge on any atom is 0.274 e. The predicted octanol–water partition coefficient (Wildman–Crippen LogP) is 2.51. The Balaban J connectivity index is 1.28. The number of fused-ring (bicyclic) bond motifs is 1. The van der Waals surface area contributed by atoms with Crippen molar-refractivity contribution in [2.45, 2.75) is 31.3 Å². The van der Waals surface area contributed by atoms with Crippen LogP contribution >= 0.6 is 0 Å². The number of aromatic nitrogens is 3. The Bertz CT molecular complexity index is 995. The van der Waals surface area contributed by atoms with Crippen molar-refractivity contribution in [1.29, 1.82) is 0 Å². The van der Waals surface area contributed by atoms with Crippen LogP contribution in [0.15, 0.2) is 42.5 Å². The van der Waals surface area contributed by atoms with E-state index in [-0.39, 0.29) is 11.8 Å². The summed E-state index contributed by atoms with van der Waals surface area (Å²) < 4.78 is 0. The second-order valence-electron chi connectivity index (χ2n) is 7.72. The SMILES string of the molecule is O=C(c1cc(C2CC2)[nH]n1)N1CC(O)C(Cc2ccc3ccccc3n2)C1. The van der Waals surface area contributed by atoms with Crippen LogP contribution in [0.4, 0.5) is 0 Å². The number of carbonyl (C=O) groups is 1. The van der Waals surface area contributed by atoms with Gasteiger partial charge in [0, 0.05) is 41.7 Å². The molecule has 1 amide bonds. The standard InChI is InChI=1S/C21H22N4O2/c26-20-12-25(21(27)19-10-18(23-24-19)14-5-6-14)11-15(20)9-16-8-7-13-3-1-2-4-17(13)22-16/h1-4,7-8,10,14-15,20,26H,5-6,9,11-12H2,(H,23,24). The number of nitrogens with one attached hydrogen (secondary N) is 1. The Morgan fingerprint density at radius 2 is 2.04 bits per heavy atom. The number of hydrogen-bond acceptors (Lipinski definition) is 4. The van der Waals surface area contributed by atoms with Gasteiger partial charge in [-0.15, -0.1) is 0 Å².